The highest BCUT2D eigenvalue weighted by Gasteiger charge is 2.34. The average molecular weight is 224 g/mol. The Morgan fingerprint density at radius 2 is 2.13 bits per heavy atom. The van der Waals surface area contributed by atoms with E-state index in [1.54, 1.807) is 6.33 Å². The number of aromatic nitrogens is 3. The van der Waals surface area contributed by atoms with Gasteiger partial charge in [0.25, 0.3) is 0 Å². The maximum absolute atomic E-state index is 4.14. The van der Waals surface area contributed by atoms with E-state index < -0.39 is 0 Å². The van der Waals surface area contributed by atoms with Crippen LogP contribution in [0.1, 0.15) is 25.7 Å². The summed E-state index contributed by atoms with van der Waals surface area (Å²) in [6.45, 7) is 0. The highest BCUT2D eigenvalue weighted by Crippen LogP contribution is 2.35. The average Bonchev–Trinajstić information content (AvgIpc) is 2.75. The van der Waals surface area contributed by atoms with Gasteiger partial charge in [0.05, 0.1) is 0 Å². The molecule has 1 N–H and O–H groups in total. The monoisotopic (exact) mass is 224 g/mol. The fraction of sp³-hybridized carbons (Fsp3) is 0.800. The number of piperidine rings is 1. The molecule has 4 nitrogen and oxygen atoms in total. The van der Waals surface area contributed by atoms with Crippen LogP contribution in [0.4, 0.5) is 0 Å². The highest BCUT2D eigenvalue weighted by atomic mass is 32.2. The predicted molar refractivity (Wildman–Crippen MR) is 59.8 cm³/mol. The smallest absolute Gasteiger partial charge is 0.191 e. The largest absolute Gasteiger partial charge is 0.312 e. The number of hydrogen-bond donors (Lipinski definition) is 1. The summed E-state index contributed by atoms with van der Waals surface area (Å²) in [4.78, 5) is 0. The number of thioether (sulfide) groups is 1. The van der Waals surface area contributed by atoms with E-state index in [1.807, 2.05) is 23.4 Å². The molecule has 2 fully saturated rings. The van der Waals surface area contributed by atoms with E-state index in [1.165, 1.54) is 25.7 Å². The van der Waals surface area contributed by atoms with Gasteiger partial charge in [0.2, 0.25) is 0 Å². The molecular weight excluding hydrogens is 208 g/mol. The summed E-state index contributed by atoms with van der Waals surface area (Å²) in [6.07, 6.45) is 7.07. The summed E-state index contributed by atoms with van der Waals surface area (Å²) in [6, 6.07) is 1.52. The first-order valence-corrected chi connectivity index (χ1v) is 6.46. The number of hydrogen-bond acceptors (Lipinski definition) is 4. The second kappa shape index (κ2) is 3.79. The second-order valence-corrected chi connectivity index (χ2v) is 5.84. The van der Waals surface area contributed by atoms with Gasteiger partial charge in [0.1, 0.15) is 6.33 Å². The maximum Gasteiger partial charge on any atom is 0.191 e. The van der Waals surface area contributed by atoms with Gasteiger partial charge in [-0.15, -0.1) is 10.2 Å². The lowest BCUT2D eigenvalue weighted by atomic mass is 10.1. The molecule has 1 aromatic heterocycles. The van der Waals surface area contributed by atoms with Crippen LogP contribution in [0.5, 0.6) is 0 Å². The van der Waals surface area contributed by atoms with Crippen LogP contribution in [-0.2, 0) is 7.05 Å². The molecular formula is C10H16N4S. The molecule has 0 radical (unpaired) electrons. The fourth-order valence-corrected chi connectivity index (χ4v) is 3.89. The van der Waals surface area contributed by atoms with Gasteiger partial charge >= 0.3 is 0 Å². The molecule has 82 valence electrons. The molecule has 3 rings (SSSR count). The van der Waals surface area contributed by atoms with Crippen LogP contribution in [0.25, 0.3) is 0 Å². The number of nitrogens with zero attached hydrogens (tertiary/aromatic N) is 3. The highest BCUT2D eigenvalue weighted by molar-refractivity contribution is 7.99. The van der Waals surface area contributed by atoms with E-state index >= 15 is 0 Å². The Morgan fingerprint density at radius 3 is 2.73 bits per heavy atom. The Hall–Kier alpha value is -0.550. The van der Waals surface area contributed by atoms with Crippen molar-refractivity contribution < 1.29 is 0 Å². The molecule has 0 amide bonds. The van der Waals surface area contributed by atoms with E-state index in [4.69, 9.17) is 0 Å². The normalized spacial score (nSPS) is 34.6. The van der Waals surface area contributed by atoms with Gasteiger partial charge < -0.3 is 9.88 Å². The van der Waals surface area contributed by atoms with E-state index in [-0.39, 0.29) is 0 Å². The molecule has 1 aromatic rings. The van der Waals surface area contributed by atoms with Gasteiger partial charge in [0.15, 0.2) is 5.16 Å². The van der Waals surface area contributed by atoms with Crippen molar-refractivity contribution >= 4 is 11.8 Å². The fourth-order valence-electron chi connectivity index (χ4n) is 2.63. The van der Waals surface area contributed by atoms with E-state index in [9.17, 15) is 0 Å². The third kappa shape index (κ3) is 1.90. The maximum atomic E-state index is 4.14. The second-order valence-electron chi connectivity index (χ2n) is 4.57. The van der Waals surface area contributed by atoms with Gasteiger partial charge in [-0.1, -0.05) is 11.8 Å². The van der Waals surface area contributed by atoms with Crippen LogP contribution in [-0.4, -0.2) is 32.1 Å². The van der Waals surface area contributed by atoms with Gasteiger partial charge in [0, 0.05) is 24.4 Å². The quantitative estimate of drug-likeness (QED) is 0.819. The van der Waals surface area contributed by atoms with Crippen molar-refractivity contribution in [2.45, 2.75) is 48.2 Å². The molecule has 2 aliphatic rings. The zero-order chi connectivity index (χ0) is 10.3. The first-order valence-electron chi connectivity index (χ1n) is 5.58. The number of aryl methyl sites for hydroxylation is 1. The molecule has 2 saturated heterocycles. The lowest BCUT2D eigenvalue weighted by Gasteiger charge is -2.28. The minimum absolute atomic E-state index is 0.728. The number of nitrogens with one attached hydrogen (secondary N) is 1. The zero-order valence-corrected chi connectivity index (χ0v) is 9.70. The van der Waals surface area contributed by atoms with Crippen molar-refractivity contribution in [1.29, 1.82) is 0 Å². The van der Waals surface area contributed by atoms with Crippen LogP contribution < -0.4 is 5.32 Å². The molecule has 0 spiro atoms. The Bertz CT molecular complexity index is 339. The van der Waals surface area contributed by atoms with Crippen LogP contribution in [0, 0.1) is 0 Å². The molecule has 2 bridgehead atoms. The SMILES string of the molecule is Cn1cnnc1SC1C[C@@H]2CC[C@@H](C1)N2. The molecule has 0 aromatic carbocycles. The van der Waals surface area contributed by atoms with E-state index in [0.29, 0.717) is 0 Å². The molecule has 0 saturated carbocycles. The van der Waals surface area contributed by atoms with Crippen molar-refractivity contribution in [2.24, 2.45) is 7.05 Å². The standard InChI is InChI=1S/C10H16N4S/c1-14-6-11-13-10(14)15-9-4-7-2-3-8(5-9)12-7/h6-9,12H,2-5H2,1H3/t7-,8-/m0/s1. The predicted octanol–water partition coefficient (Wildman–Crippen LogP) is 1.19. The Kier molecular flexibility index (Phi) is 2.44. The first-order chi connectivity index (χ1) is 7.31. The van der Waals surface area contributed by atoms with E-state index in [0.717, 1.165) is 22.5 Å². The van der Waals surface area contributed by atoms with Crippen molar-refractivity contribution in [3.05, 3.63) is 6.33 Å². The topological polar surface area (TPSA) is 42.7 Å². The summed E-state index contributed by atoms with van der Waals surface area (Å²) in [5.74, 6) is 0. The Labute approximate surface area is 93.8 Å². The van der Waals surface area contributed by atoms with Crippen molar-refractivity contribution in [2.75, 3.05) is 0 Å². The minimum Gasteiger partial charge on any atom is -0.312 e. The summed E-state index contributed by atoms with van der Waals surface area (Å²) in [5.41, 5.74) is 0. The molecule has 3 heterocycles. The van der Waals surface area contributed by atoms with Gasteiger partial charge in [-0.3, -0.25) is 0 Å². The van der Waals surface area contributed by atoms with Gasteiger partial charge in [-0.2, -0.15) is 0 Å². The molecule has 0 unspecified atom stereocenters. The summed E-state index contributed by atoms with van der Waals surface area (Å²) in [7, 11) is 2.01. The van der Waals surface area contributed by atoms with Crippen LogP contribution >= 0.6 is 11.8 Å². The van der Waals surface area contributed by atoms with Crippen molar-refractivity contribution in [3.63, 3.8) is 0 Å². The molecule has 5 heteroatoms. The van der Waals surface area contributed by atoms with Crippen LogP contribution in [0.2, 0.25) is 0 Å². The summed E-state index contributed by atoms with van der Waals surface area (Å²) in [5, 5.41) is 13.5. The molecule has 2 atom stereocenters. The van der Waals surface area contributed by atoms with Crippen molar-refractivity contribution in [3.8, 4) is 0 Å². The summed E-state index contributed by atoms with van der Waals surface area (Å²) < 4.78 is 2.01. The van der Waals surface area contributed by atoms with E-state index in [2.05, 4.69) is 15.5 Å². The van der Waals surface area contributed by atoms with Crippen LogP contribution in [0.3, 0.4) is 0 Å². The van der Waals surface area contributed by atoms with Gasteiger partial charge in [-0.05, 0) is 25.7 Å². The Balaban J connectivity index is 1.67. The summed E-state index contributed by atoms with van der Waals surface area (Å²) >= 11 is 1.89. The van der Waals surface area contributed by atoms with Crippen LogP contribution in [0.15, 0.2) is 11.5 Å². The Morgan fingerprint density at radius 1 is 1.40 bits per heavy atom. The molecule has 15 heavy (non-hydrogen) atoms. The zero-order valence-electron chi connectivity index (χ0n) is 8.89. The third-order valence-electron chi connectivity index (χ3n) is 3.37. The first kappa shape index (κ1) is 9.66. The minimum atomic E-state index is 0.728. The lowest BCUT2D eigenvalue weighted by molar-refractivity contribution is 0.414. The third-order valence-corrected chi connectivity index (χ3v) is 4.67. The number of fused-ring (bicyclic) bond motifs is 2. The lowest BCUT2D eigenvalue weighted by Crippen LogP contribution is -2.39. The molecule has 2 aliphatic heterocycles. The molecule has 0 aliphatic carbocycles. The number of rotatable bonds is 2. The van der Waals surface area contributed by atoms with Gasteiger partial charge in [-0.25, -0.2) is 0 Å². The van der Waals surface area contributed by atoms with Crippen molar-refractivity contribution in [1.82, 2.24) is 20.1 Å².